The summed E-state index contributed by atoms with van der Waals surface area (Å²) in [6, 6.07) is 77.0. The molecule has 27 nitrogen and oxygen atoms in total. The van der Waals surface area contributed by atoms with Crippen LogP contribution in [0.25, 0.3) is 61.3 Å². The molecule has 19 rings (SSSR count). The Hall–Kier alpha value is -12.7. The van der Waals surface area contributed by atoms with Gasteiger partial charge in [0.15, 0.2) is 10.2 Å². The third-order valence-corrected chi connectivity index (χ3v) is 27.9. The number of nitro benzene ring substituents is 2. The third-order valence-electron chi connectivity index (χ3n) is 21.5. The number of benzene rings is 10. The minimum absolute atomic E-state index is 0.0482. The summed E-state index contributed by atoms with van der Waals surface area (Å²) in [6.45, 7) is 21.1. The number of ether oxygens (including phenoxy) is 1. The van der Waals surface area contributed by atoms with E-state index in [0.29, 0.717) is 27.0 Å². The molecule has 16 aromatic rings. The van der Waals surface area contributed by atoms with Crippen LogP contribution in [-0.4, -0.2) is 91.3 Å². The number of non-ortho nitro benzene ring substituents is 2. The molecule has 0 radical (unpaired) electrons. The van der Waals surface area contributed by atoms with E-state index in [-0.39, 0.29) is 22.7 Å². The average Bonchev–Trinajstić information content (AvgIpc) is 1.62. The zero-order valence-corrected chi connectivity index (χ0v) is 79.9. The van der Waals surface area contributed by atoms with Crippen molar-refractivity contribution in [3.05, 3.63) is 291 Å². The van der Waals surface area contributed by atoms with E-state index in [0.717, 1.165) is 167 Å². The average molecular weight is 1880 g/mol. The normalized spacial score (nSPS) is 15.6. The number of aromatic nitrogens is 6. The van der Waals surface area contributed by atoms with Gasteiger partial charge in [-0.25, -0.2) is 50.8 Å². The summed E-state index contributed by atoms with van der Waals surface area (Å²) < 4.78 is 12.0. The second-order valence-corrected chi connectivity index (χ2v) is 38.8. The van der Waals surface area contributed by atoms with Crippen LogP contribution >= 0.6 is 92.5 Å². The number of aryl methyl sites for hydroxylation is 1. The van der Waals surface area contributed by atoms with E-state index in [2.05, 4.69) is 179 Å². The number of thiocarbonyl (C=S) groups is 2. The lowest BCUT2D eigenvalue weighted by molar-refractivity contribution is -0.385. The Bertz CT molecular complexity index is 6560. The number of hydrazine groups is 2. The van der Waals surface area contributed by atoms with Crippen LogP contribution in [0.15, 0.2) is 263 Å². The molecule has 6 aromatic heterocycles. The van der Waals surface area contributed by atoms with Crippen LogP contribution < -0.4 is 57.9 Å². The van der Waals surface area contributed by atoms with Gasteiger partial charge < -0.3 is 15.4 Å². The van der Waals surface area contributed by atoms with Gasteiger partial charge in [0.1, 0.15) is 17.1 Å². The predicted octanol–water partition coefficient (Wildman–Crippen LogP) is 24.9. The van der Waals surface area contributed by atoms with Gasteiger partial charge in [0, 0.05) is 29.8 Å². The zero-order chi connectivity index (χ0) is 91.5. The fourth-order valence-corrected chi connectivity index (χ4v) is 20.3. The number of rotatable bonds is 21. The minimum Gasteiger partial charge on any atom is -0.497 e. The molecule has 666 valence electrons. The van der Waals surface area contributed by atoms with Gasteiger partial charge >= 0.3 is 0 Å². The van der Waals surface area contributed by atoms with Gasteiger partial charge in [0.05, 0.1) is 101 Å². The summed E-state index contributed by atoms with van der Waals surface area (Å²) in [5, 5.41) is 56.0. The van der Waals surface area contributed by atoms with E-state index in [9.17, 15) is 20.2 Å². The maximum Gasteiger partial charge on any atom is 0.270 e. The number of hydrazone groups is 4. The summed E-state index contributed by atoms with van der Waals surface area (Å²) >= 11 is 20.7. The summed E-state index contributed by atoms with van der Waals surface area (Å²) in [4.78, 5) is 47.8. The molecule has 1 spiro atoms. The van der Waals surface area contributed by atoms with E-state index >= 15 is 0 Å². The molecule has 130 heavy (non-hydrogen) atoms. The van der Waals surface area contributed by atoms with Crippen molar-refractivity contribution in [1.29, 1.82) is 0 Å². The van der Waals surface area contributed by atoms with Gasteiger partial charge in [0.2, 0.25) is 30.8 Å². The highest BCUT2D eigenvalue weighted by atomic mass is 32.1. The van der Waals surface area contributed by atoms with E-state index in [1.807, 2.05) is 176 Å². The van der Waals surface area contributed by atoms with E-state index < -0.39 is 9.85 Å². The Labute approximate surface area is 787 Å². The Morgan fingerprint density at radius 1 is 0.446 bits per heavy atom. The lowest BCUT2D eigenvalue weighted by Gasteiger charge is -2.41. The first kappa shape index (κ1) is 93.5. The van der Waals surface area contributed by atoms with Gasteiger partial charge in [-0.1, -0.05) is 230 Å². The molecule has 3 fully saturated rings. The van der Waals surface area contributed by atoms with Crippen LogP contribution in [0.1, 0.15) is 141 Å². The predicted molar refractivity (Wildman–Crippen MR) is 551 cm³/mol. The molecule has 8 N–H and O–H groups in total. The lowest BCUT2D eigenvalue weighted by Crippen LogP contribution is -2.54. The number of thiazole rings is 6. The highest BCUT2D eigenvalue weighted by Gasteiger charge is 2.46. The first-order valence-electron chi connectivity index (χ1n) is 42.1. The summed E-state index contributed by atoms with van der Waals surface area (Å²) in [6.07, 6.45) is 8.93. The van der Waals surface area contributed by atoms with E-state index in [1.54, 1.807) is 83.6 Å². The van der Waals surface area contributed by atoms with E-state index in [4.69, 9.17) is 34.2 Å². The number of hydrogen-bond acceptors (Lipinski definition) is 29. The second kappa shape index (κ2) is 43.2. The SMILES string of the molecule is C/C(=N\Nc1nc2ccccc2s1)c1ccc(C)cc1.C/C(=N\Nc1nc2ccccc2s1)c1ccc([N+](=O)[O-])cc1.C/C(=N\Nc1nc2ccccc2s1)c1cccc([N+](=O)[O-])c1.CC(C)(C)C1CCC2(CC1)NC(=S)N(c1nc3ccccc3s1)N2.CCCC1(CCC)NC(=S)N(c2nc3ccccc3s2)N1.COc1ccc(/C(C)=N\Nc2nc3ccccc3s2)cc1. The van der Waals surface area contributed by atoms with Gasteiger partial charge in [-0.15, -0.1) is 0 Å². The molecular formula is C95H98N22O5S8. The van der Waals surface area contributed by atoms with Crippen molar-refractivity contribution in [1.82, 2.24) is 51.4 Å². The first-order chi connectivity index (χ1) is 62.8. The summed E-state index contributed by atoms with van der Waals surface area (Å²) in [7, 11) is 1.66. The maximum absolute atomic E-state index is 10.8. The molecule has 10 aromatic carbocycles. The molecule has 35 heteroatoms. The van der Waals surface area contributed by atoms with Crippen LogP contribution in [-0.2, 0) is 0 Å². The number of anilines is 6. The van der Waals surface area contributed by atoms with Gasteiger partial charge in [-0.2, -0.15) is 20.4 Å². The first-order valence-corrected chi connectivity index (χ1v) is 47.9. The van der Waals surface area contributed by atoms with Crippen molar-refractivity contribution >= 4 is 229 Å². The molecular weight excluding hydrogens is 1790 g/mol. The Morgan fingerprint density at radius 3 is 1.14 bits per heavy atom. The number of nitrogens with zero attached hydrogens (tertiary/aromatic N) is 14. The molecule has 0 bridgehead atoms. The smallest absolute Gasteiger partial charge is 0.270 e. The molecule has 8 heterocycles. The number of nitrogens with one attached hydrogen (secondary N) is 8. The van der Waals surface area contributed by atoms with Crippen LogP contribution in [0.3, 0.4) is 0 Å². The molecule has 1 saturated carbocycles. The topological polar surface area (TPSA) is 325 Å². The number of fused-ring (bicyclic) bond motifs is 6. The van der Waals surface area contributed by atoms with Crippen molar-refractivity contribution in [3.8, 4) is 5.75 Å². The van der Waals surface area contributed by atoms with Crippen LogP contribution in [0.5, 0.6) is 5.75 Å². The second-order valence-electron chi connectivity index (χ2n) is 31.9. The van der Waals surface area contributed by atoms with Crippen LogP contribution in [0, 0.1) is 38.5 Å². The Morgan fingerprint density at radius 2 is 0.785 bits per heavy atom. The molecule has 2 saturated heterocycles. The molecule has 0 unspecified atom stereocenters. The van der Waals surface area contributed by atoms with Crippen LogP contribution in [0.2, 0.25) is 0 Å². The largest absolute Gasteiger partial charge is 0.497 e. The lowest BCUT2D eigenvalue weighted by atomic mass is 9.70. The number of hydrogen-bond donors (Lipinski definition) is 8. The summed E-state index contributed by atoms with van der Waals surface area (Å²) in [5.74, 6) is 1.61. The van der Waals surface area contributed by atoms with Gasteiger partial charge in [0.25, 0.3) is 11.4 Å². The van der Waals surface area contributed by atoms with Crippen molar-refractivity contribution in [2.24, 2.45) is 31.7 Å². The molecule has 2 aliphatic heterocycles. The van der Waals surface area contributed by atoms with Gasteiger partial charge in [-0.3, -0.25) is 41.9 Å². The minimum atomic E-state index is -0.421. The Kier molecular flexibility index (Phi) is 31.0. The number of para-hydroxylation sites is 6. The van der Waals surface area contributed by atoms with Crippen molar-refractivity contribution in [3.63, 3.8) is 0 Å². The fourth-order valence-electron chi connectivity index (χ4n) is 14.5. The highest BCUT2D eigenvalue weighted by Crippen LogP contribution is 2.43. The standard InChI is InChI=1S/C18H24N4S2.C16H15N3OS.C16H15N3S.2C15H12N4O2S.C15H20N4S2/c1-17(2,3)12-8-10-18(11-9-12)20-15(23)22(21-18)16-19-13-6-4-5-7-14(13)24-16;1-11(12-7-9-13(20-2)10-8-12)18-19-16-17-14-5-3-4-6-15(14)21-16;1-11-7-9-13(10-8-11)12(2)18-19-16-17-14-5-3-4-6-15(14)20-16;1-10(11-5-4-6-12(9-11)19(20)21)17-18-15-16-13-7-2-3-8-14(13)22-15;1-10(11-6-8-12(9-7-11)19(20)21)17-18-15-16-13-4-2-3-5-14(13)22-15;1-3-9-15(10-4-2)17-13(20)19(18-15)14-16-11-7-5-6-8-12(11)21-14/h4-7,12,21H,8-11H2,1-3H3,(H,20,23);3-10H,1-2H3,(H,17,19);3-10H,1-2H3,(H,17,19);2*2-9H,1H3,(H,16,18);5-8,18H,3-4,9-10H2,1-2H3,(H,17,20)/b;18-11-;18-12+;2*17-10+;. The van der Waals surface area contributed by atoms with Crippen molar-refractivity contribution in [2.75, 3.05) is 38.8 Å². The van der Waals surface area contributed by atoms with Crippen molar-refractivity contribution < 1.29 is 14.6 Å². The van der Waals surface area contributed by atoms with E-state index in [1.165, 1.54) is 74.7 Å². The molecule has 0 atom stereocenters. The highest BCUT2D eigenvalue weighted by molar-refractivity contribution is 7.80. The number of nitro groups is 2. The quantitative estimate of drug-likeness (QED) is 0.0143. The molecule has 1 aliphatic carbocycles. The molecule has 0 amide bonds. The van der Waals surface area contributed by atoms with Crippen molar-refractivity contribution in [2.45, 2.75) is 132 Å². The van der Waals surface area contributed by atoms with Crippen LogP contribution in [0.4, 0.5) is 42.2 Å². The maximum atomic E-state index is 10.8. The third kappa shape index (κ3) is 24.2. The number of methoxy groups -OCH3 is 1. The summed E-state index contributed by atoms with van der Waals surface area (Å²) in [5.41, 5.74) is 33.4. The zero-order valence-electron chi connectivity index (χ0n) is 73.4. The Balaban J connectivity index is 0.000000126. The molecule has 3 aliphatic rings. The fraction of sp³-hybridized carbons (Fsp3) is 0.242. The van der Waals surface area contributed by atoms with Gasteiger partial charge in [-0.05, 0) is 235 Å². The monoisotopic (exact) mass is 1880 g/mol.